The maximum atomic E-state index is 3.45. The van der Waals surface area contributed by atoms with Crippen molar-refractivity contribution in [1.29, 1.82) is 0 Å². The van der Waals surface area contributed by atoms with E-state index < -0.39 is 0 Å². The molecular weight excluding hydrogens is 263 g/mol. The summed E-state index contributed by atoms with van der Waals surface area (Å²) >= 11 is 0. The molecule has 0 unspecified atom stereocenters. The molecule has 21 heavy (non-hydrogen) atoms. The molecule has 5 aromatic rings. The van der Waals surface area contributed by atoms with Crippen LogP contribution < -0.4 is 29.6 Å². The van der Waals surface area contributed by atoms with Crippen LogP contribution >= 0.6 is 0 Å². The maximum absolute atomic E-state index is 3.45. The van der Waals surface area contributed by atoms with E-state index in [1.165, 1.54) is 43.1 Å². The van der Waals surface area contributed by atoms with Crippen molar-refractivity contribution in [2.24, 2.45) is 0 Å². The Bertz CT molecular complexity index is 923. The molecule has 0 aliphatic rings. The molecule has 0 aliphatic heterocycles. The zero-order valence-electron chi connectivity index (χ0n) is 11.9. The topological polar surface area (TPSA) is 0 Å². The Labute approximate surface area is 145 Å². The summed E-state index contributed by atoms with van der Waals surface area (Å²) in [4.78, 5) is 0. The summed E-state index contributed by atoms with van der Waals surface area (Å²) in [7, 11) is 0. The van der Waals surface area contributed by atoms with Crippen molar-refractivity contribution in [3.8, 4) is 0 Å². The van der Waals surface area contributed by atoms with E-state index in [4.69, 9.17) is 0 Å². The Hall–Kier alpha value is -1.60. The zero-order chi connectivity index (χ0) is 13.1. The smallest absolute Gasteiger partial charge is 0.146 e. The van der Waals surface area contributed by atoms with Gasteiger partial charge in [0.2, 0.25) is 0 Å². The summed E-state index contributed by atoms with van der Waals surface area (Å²) in [6, 6.07) is 27.3. The van der Waals surface area contributed by atoms with E-state index in [-0.39, 0.29) is 29.6 Å². The van der Waals surface area contributed by atoms with Crippen molar-refractivity contribution in [2.45, 2.75) is 0 Å². The van der Waals surface area contributed by atoms with Gasteiger partial charge in [-0.1, -0.05) is 70.8 Å². The first-order valence-electron chi connectivity index (χ1n) is 6.89. The fourth-order valence-electron chi connectivity index (χ4n) is 3.49. The molecule has 0 aromatic heterocycles. The van der Waals surface area contributed by atoms with Crippen molar-refractivity contribution >= 4 is 43.1 Å². The average molecular weight is 274 g/mol. The average Bonchev–Trinajstić information content (AvgIpc) is 2.52. The molecule has 0 fully saturated rings. The molecule has 0 nitrogen and oxygen atoms in total. The van der Waals surface area contributed by atoms with E-state index in [9.17, 15) is 0 Å². The zero-order valence-corrected chi connectivity index (χ0v) is 13.9. The number of fused-ring (bicyclic) bond motifs is 2. The Kier molecular flexibility index (Phi) is 2.93. The monoisotopic (exact) mass is 274 g/mol. The third kappa shape index (κ3) is 1.67. The fraction of sp³-hybridized carbons (Fsp3) is 0. The summed E-state index contributed by atoms with van der Waals surface area (Å²) in [5.41, 5.74) is 0. The van der Waals surface area contributed by atoms with Crippen molar-refractivity contribution in [3.63, 3.8) is 0 Å². The first-order chi connectivity index (χ1) is 9.93. The van der Waals surface area contributed by atoms with E-state index >= 15 is 0 Å². The summed E-state index contributed by atoms with van der Waals surface area (Å²) < 4.78 is 0. The van der Waals surface area contributed by atoms with E-state index in [1.807, 2.05) is 6.07 Å². The van der Waals surface area contributed by atoms with Gasteiger partial charge in [0.15, 0.2) is 0 Å². The van der Waals surface area contributed by atoms with Crippen LogP contribution in [0.25, 0.3) is 43.1 Å². The van der Waals surface area contributed by atoms with Gasteiger partial charge in [-0.3, -0.25) is 0 Å². The second-order valence-electron chi connectivity index (χ2n) is 5.33. The molecule has 0 radical (unpaired) electrons. The van der Waals surface area contributed by atoms with Crippen LogP contribution in [-0.4, -0.2) is 0 Å². The van der Waals surface area contributed by atoms with Crippen LogP contribution in [0.3, 0.4) is 0 Å². The van der Waals surface area contributed by atoms with Gasteiger partial charge < -0.3 is 0 Å². The first-order valence-corrected chi connectivity index (χ1v) is 6.89. The summed E-state index contributed by atoms with van der Waals surface area (Å²) in [6.07, 6.45) is 0. The predicted octanol–water partition coefficient (Wildman–Crippen LogP) is 2.54. The van der Waals surface area contributed by atoms with Crippen molar-refractivity contribution in [2.75, 3.05) is 0 Å². The minimum Gasteiger partial charge on any atom is -0.146 e. The van der Waals surface area contributed by atoms with Gasteiger partial charge in [-0.15, -0.1) is 29.0 Å². The van der Waals surface area contributed by atoms with Crippen molar-refractivity contribution in [3.05, 3.63) is 72.8 Å². The number of hydrogen-bond acceptors (Lipinski definition) is 0. The minimum absolute atomic E-state index is 0. The van der Waals surface area contributed by atoms with E-state index in [0.717, 1.165) is 0 Å². The van der Waals surface area contributed by atoms with Gasteiger partial charge in [0.25, 0.3) is 0 Å². The predicted molar refractivity (Wildman–Crippen MR) is 86.5 cm³/mol. The summed E-state index contributed by atoms with van der Waals surface area (Å²) in [5.74, 6) is 0. The Balaban J connectivity index is 0.00000115. The van der Waals surface area contributed by atoms with Gasteiger partial charge in [-0.25, -0.2) is 0 Å². The minimum atomic E-state index is 0. The quantitative estimate of drug-likeness (QED) is 0.176. The standard InChI is InChI=1S/C20H11.Na/c1-5-13-6-2-11-17-18-12-4-8-14-7-3-10-16(20(14)18)15(9-1)19(13)17;/h1-11H;/q-1;+1. The van der Waals surface area contributed by atoms with Gasteiger partial charge in [0.05, 0.1) is 0 Å². The van der Waals surface area contributed by atoms with E-state index in [1.54, 1.807) is 0 Å². The Morgan fingerprint density at radius 2 is 1.14 bits per heavy atom. The van der Waals surface area contributed by atoms with E-state index in [0.29, 0.717) is 0 Å². The molecule has 5 rings (SSSR count). The second-order valence-corrected chi connectivity index (χ2v) is 5.33. The van der Waals surface area contributed by atoms with Crippen molar-refractivity contribution in [1.82, 2.24) is 0 Å². The molecule has 0 bridgehead atoms. The van der Waals surface area contributed by atoms with Gasteiger partial charge in [-0.2, -0.15) is 0 Å². The van der Waals surface area contributed by atoms with Gasteiger partial charge in [0.1, 0.15) is 0 Å². The normalized spacial score (nSPS) is 11.4. The third-order valence-corrected chi connectivity index (χ3v) is 4.30. The molecule has 0 atom stereocenters. The number of rotatable bonds is 0. The number of benzene rings is 5. The molecule has 0 N–H and O–H groups in total. The maximum Gasteiger partial charge on any atom is 1.00 e. The van der Waals surface area contributed by atoms with Crippen LogP contribution in [0, 0.1) is 6.07 Å². The summed E-state index contributed by atoms with van der Waals surface area (Å²) in [5, 5.41) is 10.5. The second kappa shape index (κ2) is 4.71. The van der Waals surface area contributed by atoms with Crippen LogP contribution in [0.1, 0.15) is 0 Å². The molecular formula is C20H11Na. The molecule has 0 saturated heterocycles. The van der Waals surface area contributed by atoms with Crippen LogP contribution in [0.5, 0.6) is 0 Å². The first kappa shape index (κ1) is 13.1. The van der Waals surface area contributed by atoms with Gasteiger partial charge in [-0.05, 0) is 16.2 Å². The van der Waals surface area contributed by atoms with Gasteiger partial charge >= 0.3 is 29.6 Å². The molecule has 0 amide bonds. The molecule has 92 valence electrons. The van der Waals surface area contributed by atoms with Crippen molar-refractivity contribution < 1.29 is 29.6 Å². The van der Waals surface area contributed by atoms with Crippen LogP contribution in [-0.2, 0) is 0 Å². The molecule has 0 heterocycles. The third-order valence-electron chi connectivity index (χ3n) is 4.30. The fourth-order valence-corrected chi connectivity index (χ4v) is 3.49. The molecule has 0 saturated carbocycles. The van der Waals surface area contributed by atoms with Crippen LogP contribution in [0.4, 0.5) is 0 Å². The van der Waals surface area contributed by atoms with Crippen LogP contribution in [0.2, 0.25) is 0 Å². The molecule has 0 aliphatic carbocycles. The molecule has 1 heteroatoms. The summed E-state index contributed by atoms with van der Waals surface area (Å²) in [6.45, 7) is 0. The molecule has 0 spiro atoms. The Morgan fingerprint density at radius 3 is 1.86 bits per heavy atom. The van der Waals surface area contributed by atoms with Gasteiger partial charge in [0, 0.05) is 0 Å². The van der Waals surface area contributed by atoms with Crippen LogP contribution in [0.15, 0.2) is 66.7 Å². The molecule has 5 aromatic carbocycles. The SMILES string of the molecule is [Na+].[c-]1ccc2cccc3c4cccc5cccc(c1c23)c54. The largest absolute Gasteiger partial charge is 1.00 e. The van der Waals surface area contributed by atoms with E-state index in [2.05, 4.69) is 66.7 Å². The number of hydrogen-bond donors (Lipinski definition) is 0. The Morgan fingerprint density at radius 1 is 0.571 bits per heavy atom.